The van der Waals surface area contributed by atoms with Crippen molar-refractivity contribution < 1.29 is 14.3 Å². The number of hydrogen-bond donors (Lipinski definition) is 1. The fraction of sp³-hybridized carbons (Fsp3) is 0.147. The Morgan fingerprint density at radius 2 is 1.50 bits per heavy atom. The average Bonchev–Trinajstić information content (AvgIpc) is 3.33. The first-order chi connectivity index (χ1) is 20.1. The molecule has 0 aliphatic rings. The summed E-state index contributed by atoms with van der Waals surface area (Å²) in [5.74, 6) is -0.380. The first-order valence-electron chi connectivity index (χ1n) is 13.5. The lowest BCUT2D eigenvalue weighted by molar-refractivity contribution is -0.132. The molecule has 5 rings (SSSR count). The van der Waals surface area contributed by atoms with Gasteiger partial charge >= 0.3 is 5.97 Å². The zero-order valence-electron chi connectivity index (χ0n) is 24.1. The fourth-order valence-electron chi connectivity index (χ4n) is 4.67. The van der Waals surface area contributed by atoms with Crippen LogP contribution in [0.5, 0.6) is 5.88 Å². The Balaban J connectivity index is 1.63. The van der Waals surface area contributed by atoms with Gasteiger partial charge in [0.05, 0.1) is 11.3 Å². The lowest BCUT2D eigenvalue weighted by Crippen LogP contribution is -2.11. The summed E-state index contributed by atoms with van der Waals surface area (Å²) in [5.41, 5.74) is 8.07. The monoisotopic (exact) mass is 578 g/mol. The van der Waals surface area contributed by atoms with Gasteiger partial charge in [-0.3, -0.25) is 9.59 Å². The quantitative estimate of drug-likeness (QED) is 0.200. The minimum Gasteiger partial charge on any atom is -0.407 e. The Labute approximate surface area is 250 Å². The second-order valence-corrected chi connectivity index (χ2v) is 10.7. The van der Waals surface area contributed by atoms with Gasteiger partial charge in [0, 0.05) is 48.5 Å². The van der Waals surface area contributed by atoms with Gasteiger partial charge in [0.1, 0.15) is 5.69 Å². The molecule has 0 bridgehead atoms. The SMILES string of the molecule is CC(=O)Oc1c(-c2ccc(NC(=O)c3ccc(Cl)cc3)cc2)c(-c2ccc(N(C)C)cc2)nn1-c1cccc(C)c1C. The third kappa shape index (κ3) is 5.92. The van der Waals surface area contributed by atoms with Crippen LogP contribution in [0.25, 0.3) is 28.1 Å². The highest BCUT2D eigenvalue weighted by molar-refractivity contribution is 6.30. The molecule has 212 valence electrons. The van der Waals surface area contributed by atoms with E-state index in [9.17, 15) is 9.59 Å². The van der Waals surface area contributed by atoms with Crippen molar-refractivity contribution in [2.75, 3.05) is 24.3 Å². The van der Waals surface area contributed by atoms with E-state index in [4.69, 9.17) is 21.4 Å². The molecule has 1 amide bonds. The molecule has 0 fully saturated rings. The average molecular weight is 579 g/mol. The highest BCUT2D eigenvalue weighted by atomic mass is 35.5. The zero-order chi connectivity index (χ0) is 30.0. The lowest BCUT2D eigenvalue weighted by Gasteiger charge is -2.13. The third-order valence-electron chi connectivity index (χ3n) is 7.08. The van der Waals surface area contributed by atoms with Crippen LogP contribution < -0.4 is 15.0 Å². The molecule has 5 aromatic rings. The van der Waals surface area contributed by atoms with Crippen LogP contribution in [0.2, 0.25) is 5.02 Å². The molecular formula is C34H31ClN4O3. The van der Waals surface area contributed by atoms with E-state index in [0.29, 0.717) is 33.4 Å². The molecule has 0 aliphatic carbocycles. The standard InChI is InChI=1S/C34H31ClN4O3/c1-21-7-6-8-30(22(21)2)39-34(42-23(3)40)31(32(37-39)25-13-19-29(20-14-25)38(4)5)24-11-17-28(18-12-24)36-33(41)26-9-15-27(35)16-10-26/h6-20H,1-5H3,(H,36,41). The molecule has 0 saturated heterocycles. The second kappa shape index (κ2) is 11.9. The molecule has 0 unspecified atom stereocenters. The first kappa shape index (κ1) is 28.6. The normalized spacial score (nSPS) is 10.8. The summed E-state index contributed by atoms with van der Waals surface area (Å²) in [5, 5.41) is 8.50. The number of hydrogen-bond acceptors (Lipinski definition) is 5. The second-order valence-electron chi connectivity index (χ2n) is 10.2. The minimum atomic E-state index is -0.455. The summed E-state index contributed by atoms with van der Waals surface area (Å²) in [6, 6.07) is 28.1. The summed E-state index contributed by atoms with van der Waals surface area (Å²) in [4.78, 5) is 27.2. The Morgan fingerprint density at radius 3 is 2.12 bits per heavy atom. The van der Waals surface area contributed by atoms with Crippen molar-refractivity contribution in [1.82, 2.24) is 9.78 Å². The number of halogens is 1. The van der Waals surface area contributed by atoms with Gasteiger partial charge in [-0.2, -0.15) is 9.78 Å². The van der Waals surface area contributed by atoms with Gasteiger partial charge in [-0.15, -0.1) is 0 Å². The van der Waals surface area contributed by atoms with Crippen molar-refractivity contribution in [2.45, 2.75) is 20.8 Å². The van der Waals surface area contributed by atoms with Gasteiger partial charge in [0.25, 0.3) is 5.91 Å². The maximum absolute atomic E-state index is 12.8. The van der Waals surface area contributed by atoms with E-state index < -0.39 is 5.97 Å². The number of ether oxygens (including phenoxy) is 1. The number of nitrogens with zero attached hydrogens (tertiary/aromatic N) is 3. The minimum absolute atomic E-state index is 0.246. The van der Waals surface area contributed by atoms with E-state index in [1.165, 1.54) is 6.92 Å². The summed E-state index contributed by atoms with van der Waals surface area (Å²) >= 11 is 5.96. The smallest absolute Gasteiger partial charge is 0.309 e. The largest absolute Gasteiger partial charge is 0.407 e. The molecule has 0 radical (unpaired) electrons. The molecule has 4 aromatic carbocycles. The Bertz CT molecular complexity index is 1760. The maximum Gasteiger partial charge on any atom is 0.309 e. The predicted octanol–water partition coefficient (Wildman–Crippen LogP) is 7.72. The number of amides is 1. The number of carbonyl (C=O) groups is 2. The van der Waals surface area contributed by atoms with Gasteiger partial charge in [0.2, 0.25) is 5.88 Å². The predicted molar refractivity (Wildman–Crippen MR) is 169 cm³/mol. The number of carbonyl (C=O) groups excluding carboxylic acids is 2. The molecule has 42 heavy (non-hydrogen) atoms. The van der Waals surface area contributed by atoms with Crippen molar-refractivity contribution in [3.8, 4) is 34.0 Å². The highest BCUT2D eigenvalue weighted by Gasteiger charge is 2.25. The van der Waals surface area contributed by atoms with Crippen molar-refractivity contribution >= 4 is 34.9 Å². The summed E-state index contributed by atoms with van der Waals surface area (Å²) < 4.78 is 7.58. The first-order valence-corrected chi connectivity index (χ1v) is 13.8. The summed E-state index contributed by atoms with van der Waals surface area (Å²) in [7, 11) is 3.98. The number of esters is 1. The van der Waals surface area contributed by atoms with Crippen LogP contribution in [0.1, 0.15) is 28.4 Å². The third-order valence-corrected chi connectivity index (χ3v) is 7.33. The van der Waals surface area contributed by atoms with Crippen LogP contribution in [-0.4, -0.2) is 35.8 Å². The van der Waals surface area contributed by atoms with E-state index in [1.807, 2.05) is 99.6 Å². The molecule has 8 heteroatoms. The van der Waals surface area contributed by atoms with E-state index in [0.717, 1.165) is 33.6 Å². The summed E-state index contributed by atoms with van der Waals surface area (Å²) in [6.45, 7) is 5.44. The van der Waals surface area contributed by atoms with Gasteiger partial charge in [-0.05, 0) is 85.1 Å². The van der Waals surface area contributed by atoms with Crippen LogP contribution in [0.4, 0.5) is 11.4 Å². The molecular weight excluding hydrogens is 548 g/mol. The van der Waals surface area contributed by atoms with Gasteiger partial charge in [0.15, 0.2) is 0 Å². The molecule has 1 aromatic heterocycles. The van der Waals surface area contributed by atoms with Crippen molar-refractivity contribution in [1.29, 1.82) is 0 Å². The molecule has 1 N–H and O–H groups in total. The van der Waals surface area contributed by atoms with Crippen molar-refractivity contribution in [3.63, 3.8) is 0 Å². The summed E-state index contributed by atoms with van der Waals surface area (Å²) in [6.07, 6.45) is 0. The molecule has 0 saturated carbocycles. The van der Waals surface area contributed by atoms with Crippen LogP contribution in [0, 0.1) is 13.8 Å². The topological polar surface area (TPSA) is 76.5 Å². The molecule has 7 nitrogen and oxygen atoms in total. The van der Waals surface area contributed by atoms with Gasteiger partial charge in [-0.25, -0.2) is 0 Å². The number of nitrogens with one attached hydrogen (secondary N) is 1. The Kier molecular flexibility index (Phi) is 8.13. The van der Waals surface area contributed by atoms with E-state index in [-0.39, 0.29) is 5.91 Å². The van der Waals surface area contributed by atoms with Crippen molar-refractivity contribution in [3.05, 3.63) is 113 Å². The van der Waals surface area contributed by atoms with Crippen LogP contribution >= 0.6 is 11.6 Å². The molecule has 0 atom stereocenters. The van der Waals surface area contributed by atoms with Crippen LogP contribution in [0.3, 0.4) is 0 Å². The number of rotatable bonds is 7. The molecule has 0 spiro atoms. The number of aromatic nitrogens is 2. The Morgan fingerprint density at radius 1 is 0.857 bits per heavy atom. The maximum atomic E-state index is 12.8. The number of anilines is 2. The van der Waals surface area contributed by atoms with E-state index >= 15 is 0 Å². The van der Waals surface area contributed by atoms with Gasteiger partial charge in [-0.1, -0.05) is 48.0 Å². The lowest BCUT2D eigenvalue weighted by atomic mass is 10.0. The number of aryl methyl sites for hydroxylation is 1. The number of benzene rings is 4. The molecule has 0 aliphatic heterocycles. The van der Waals surface area contributed by atoms with Crippen molar-refractivity contribution in [2.24, 2.45) is 0 Å². The zero-order valence-corrected chi connectivity index (χ0v) is 24.9. The van der Waals surface area contributed by atoms with Gasteiger partial charge < -0.3 is 15.0 Å². The Hall–Kier alpha value is -4.88. The highest BCUT2D eigenvalue weighted by Crippen LogP contribution is 2.42. The van der Waals surface area contributed by atoms with Crippen LogP contribution in [0.15, 0.2) is 91.0 Å². The van der Waals surface area contributed by atoms with E-state index in [2.05, 4.69) is 5.32 Å². The fourth-order valence-corrected chi connectivity index (χ4v) is 4.79. The van der Waals surface area contributed by atoms with E-state index in [1.54, 1.807) is 28.9 Å². The van der Waals surface area contributed by atoms with Crippen LogP contribution in [-0.2, 0) is 4.79 Å². The molecule has 1 heterocycles.